The van der Waals surface area contributed by atoms with Crippen molar-refractivity contribution in [2.24, 2.45) is 0 Å². The minimum atomic E-state index is -0.412. The zero-order chi connectivity index (χ0) is 19.7. The molecule has 4 aromatic rings. The van der Waals surface area contributed by atoms with Gasteiger partial charge in [-0.2, -0.15) is 0 Å². The second-order valence-electron chi connectivity index (χ2n) is 6.10. The smallest absolute Gasteiger partial charge is 0.257 e. The van der Waals surface area contributed by atoms with Gasteiger partial charge < -0.3 is 4.42 Å². The summed E-state index contributed by atoms with van der Waals surface area (Å²) in [6.07, 6.45) is 0. The van der Waals surface area contributed by atoms with Gasteiger partial charge in [-0.1, -0.05) is 47.5 Å². The highest BCUT2D eigenvalue weighted by Gasteiger charge is 2.19. The minimum absolute atomic E-state index is 0.0750. The number of fused-ring (bicyclic) bond motifs is 1. The zero-order valence-electron chi connectivity index (χ0n) is 14.4. The third kappa shape index (κ3) is 3.52. The molecule has 0 aliphatic carbocycles. The van der Waals surface area contributed by atoms with Crippen LogP contribution in [0.1, 0.15) is 10.4 Å². The third-order valence-electron chi connectivity index (χ3n) is 4.26. The van der Waals surface area contributed by atoms with Crippen molar-refractivity contribution < 1.29 is 9.21 Å². The van der Waals surface area contributed by atoms with Gasteiger partial charge >= 0.3 is 0 Å². The summed E-state index contributed by atoms with van der Waals surface area (Å²) in [6, 6.07) is 20.1. The minimum Gasteiger partial charge on any atom is -0.439 e. The highest BCUT2D eigenvalue weighted by molar-refractivity contribution is 6.31. The third-order valence-corrected chi connectivity index (χ3v) is 4.77. The Morgan fingerprint density at radius 1 is 0.821 bits per heavy atom. The van der Waals surface area contributed by atoms with Gasteiger partial charge in [-0.05, 0) is 54.1 Å². The Kier molecular flexibility index (Phi) is 4.90. The van der Waals surface area contributed by atoms with E-state index in [2.05, 4.69) is 5.32 Å². The number of rotatable bonds is 3. The summed E-state index contributed by atoms with van der Waals surface area (Å²) in [5.41, 5.74) is 1.39. The highest BCUT2D eigenvalue weighted by atomic mass is 35.5. The van der Waals surface area contributed by atoms with Gasteiger partial charge in [0.2, 0.25) is 11.3 Å². The predicted molar refractivity (Wildman–Crippen MR) is 112 cm³/mol. The predicted octanol–water partition coefficient (Wildman–Crippen LogP) is 6.02. The fourth-order valence-corrected chi connectivity index (χ4v) is 3.14. The molecule has 3 aromatic carbocycles. The first kappa shape index (κ1) is 18.3. The molecule has 1 aromatic heterocycles. The number of para-hydroxylation sites is 1. The Labute approximate surface area is 170 Å². The summed E-state index contributed by atoms with van der Waals surface area (Å²) < 4.78 is 5.88. The molecule has 0 fully saturated rings. The maximum absolute atomic E-state index is 13.1. The lowest BCUT2D eigenvalue weighted by Gasteiger charge is -2.11. The summed E-state index contributed by atoms with van der Waals surface area (Å²) >= 11 is 11.8. The number of benzene rings is 3. The summed E-state index contributed by atoms with van der Waals surface area (Å²) in [4.78, 5) is 25.8. The van der Waals surface area contributed by atoms with Gasteiger partial charge in [0.25, 0.3) is 5.91 Å². The number of anilines is 1. The molecule has 1 N–H and O–H groups in total. The van der Waals surface area contributed by atoms with Crippen LogP contribution in [0.3, 0.4) is 0 Å². The first-order valence-corrected chi connectivity index (χ1v) is 9.17. The van der Waals surface area contributed by atoms with E-state index in [0.29, 0.717) is 32.1 Å². The van der Waals surface area contributed by atoms with Crippen LogP contribution in [0.25, 0.3) is 22.1 Å². The molecule has 138 valence electrons. The topological polar surface area (TPSA) is 59.3 Å². The van der Waals surface area contributed by atoms with Crippen LogP contribution in [-0.2, 0) is 0 Å². The number of halogens is 2. The Bertz CT molecular complexity index is 1230. The molecule has 0 aliphatic heterocycles. The average molecular weight is 410 g/mol. The van der Waals surface area contributed by atoms with E-state index in [4.69, 9.17) is 27.6 Å². The lowest BCUT2D eigenvalue weighted by molar-refractivity contribution is 0.102. The first-order chi connectivity index (χ1) is 13.5. The Balaban J connectivity index is 1.87. The number of carbonyl (C=O) groups is 1. The standard InChI is InChI=1S/C22H13Cl2NO3/c23-15-9-5-13(6-10-15)19-20(26)17-3-1-2-4-18(17)28-22(19)25-21(27)14-7-11-16(24)12-8-14/h1-12H,(H,25,27). The van der Waals surface area contributed by atoms with E-state index in [1.54, 1.807) is 72.8 Å². The molecule has 4 rings (SSSR count). The summed E-state index contributed by atoms with van der Waals surface area (Å²) in [5.74, 6) is -0.337. The molecule has 0 atom stereocenters. The fraction of sp³-hybridized carbons (Fsp3) is 0. The number of hydrogen-bond donors (Lipinski definition) is 1. The van der Waals surface area contributed by atoms with Gasteiger partial charge in [-0.25, -0.2) is 0 Å². The van der Waals surface area contributed by atoms with Crippen LogP contribution in [0.4, 0.5) is 5.88 Å². The molecular formula is C22H13Cl2NO3. The van der Waals surface area contributed by atoms with E-state index in [-0.39, 0.29) is 16.9 Å². The van der Waals surface area contributed by atoms with E-state index in [0.717, 1.165) is 0 Å². The van der Waals surface area contributed by atoms with Crippen LogP contribution in [0.5, 0.6) is 0 Å². The number of carbonyl (C=O) groups excluding carboxylic acids is 1. The second-order valence-corrected chi connectivity index (χ2v) is 6.97. The monoisotopic (exact) mass is 409 g/mol. The number of amides is 1. The van der Waals surface area contributed by atoms with Crippen LogP contribution >= 0.6 is 23.2 Å². The second kappa shape index (κ2) is 7.50. The van der Waals surface area contributed by atoms with Gasteiger partial charge in [0.1, 0.15) is 5.58 Å². The number of hydrogen-bond acceptors (Lipinski definition) is 3. The van der Waals surface area contributed by atoms with Crippen LogP contribution in [0, 0.1) is 0 Å². The molecule has 1 heterocycles. The molecule has 28 heavy (non-hydrogen) atoms. The van der Waals surface area contributed by atoms with Crippen LogP contribution in [0.2, 0.25) is 10.0 Å². The molecule has 4 nitrogen and oxygen atoms in total. The van der Waals surface area contributed by atoms with Crippen molar-refractivity contribution in [2.75, 3.05) is 5.32 Å². The SMILES string of the molecule is O=C(Nc1oc2ccccc2c(=O)c1-c1ccc(Cl)cc1)c1ccc(Cl)cc1. The average Bonchev–Trinajstić information content (AvgIpc) is 2.70. The molecule has 6 heteroatoms. The van der Waals surface area contributed by atoms with E-state index in [1.807, 2.05) is 0 Å². The van der Waals surface area contributed by atoms with E-state index in [9.17, 15) is 9.59 Å². The normalized spacial score (nSPS) is 10.8. The molecule has 1 amide bonds. The van der Waals surface area contributed by atoms with Crippen molar-refractivity contribution in [3.63, 3.8) is 0 Å². The maximum atomic E-state index is 13.1. The summed E-state index contributed by atoms with van der Waals surface area (Å²) in [7, 11) is 0. The van der Waals surface area contributed by atoms with E-state index in [1.165, 1.54) is 0 Å². The Morgan fingerprint density at radius 2 is 1.43 bits per heavy atom. The molecule has 0 spiro atoms. The molecule has 0 saturated heterocycles. The molecule has 0 saturated carbocycles. The lowest BCUT2D eigenvalue weighted by Crippen LogP contribution is -2.16. The van der Waals surface area contributed by atoms with Crippen LogP contribution < -0.4 is 10.7 Å². The van der Waals surface area contributed by atoms with Crippen molar-refractivity contribution in [3.8, 4) is 11.1 Å². The summed E-state index contributed by atoms with van der Waals surface area (Å²) in [5, 5.41) is 4.20. The quantitative estimate of drug-likeness (QED) is 0.449. The molecule has 0 radical (unpaired) electrons. The molecular weight excluding hydrogens is 397 g/mol. The Hall–Kier alpha value is -3.08. The first-order valence-electron chi connectivity index (χ1n) is 8.41. The van der Waals surface area contributed by atoms with Gasteiger partial charge in [0, 0.05) is 15.6 Å². The largest absolute Gasteiger partial charge is 0.439 e. The van der Waals surface area contributed by atoms with Gasteiger partial charge in [-0.15, -0.1) is 0 Å². The van der Waals surface area contributed by atoms with Crippen molar-refractivity contribution in [1.82, 2.24) is 0 Å². The Morgan fingerprint density at radius 3 is 2.11 bits per heavy atom. The fourth-order valence-electron chi connectivity index (χ4n) is 2.89. The van der Waals surface area contributed by atoms with Crippen LogP contribution in [0.15, 0.2) is 82.0 Å². The van der Waals surface area contributed by atoms with Gasteiger partial charge in [0.15, 0.2) is 0 Å². The van der Waals surface area contributed by atoms with Crippen molar-refractivity contribution in [1.29, 1.82) is 0 Å². The van der Waals surface area contributed by atoms with Gasteiger partial charge in [0.05, 0.1) is 10.9 Å². The molecule has 0 bridgehead atoms. The van der Waals surface area contributed by atoms with Crippen molar-refractivity contribution in [2.45, 2.75) is 0 Å². The highest BCUT2D eigenvalue weighted by Crippen LogP contribution is 2.30. The van der Waals surface area contributed by atoms with Crippen molar-refractivity contribution >= 4 is 46.0 Å². The zero-order valence-corrected chi connectivity index (χ0v) is 15.9. The molecule has 0 aliphatic rings. The van der Waals surface area contributed by atoms with Gasteiger partial charge in [-0.3, -0.25) is 14.9 Å². The van der Waals surface area contributed by atoms with E-state index >= 15 is 0 Å². The lowest BCUT2D eigenvalue weighted by atomic mass is 10.0. The maximum Gasteiger partial charge on any atom is 0.257 e. The van der Waals surface area contributed by atoms with Crippen molar-refractivity contribution in [3.05, 3.63) is 98.6 Å². The summed E-state index contributed by atoms with van der Waals surface area (Å²) in [6.45, 7) is 0. The van der Waals surface area contributed by atoms with E-state index < -0.39 is 5.91 Å². The van der Waals surface area contributed by atoms with Crippen LogP contribution in [-0.4, -0.2) is 5.91 Å². The number of nitrogens with one attached hydrogen (secondary N) is 1. The molecule has 0 unspecified atom stereocenters.